The van der Waals surface area contributed by atoms with Crippen molar-refractivity contribution in [2.24, 2.45) is 0 Å². The summed E-state index contributed by atoms with van der Waals surface area (Å²) < 4.78 is 0. The minimum absolute atomic E-state index is 0.154. The van der Waals surface area contributed by atoms with Crippen LogP contribution in [0, 0.1) is 0 Å². The molecule has 0 aliphatic heterocycles. The fourth-order valence-electron chi connectivity index (χ4n) is 1.70. The zero-order valence-electron chi connectivity index (χ0n) is 6.76. The zero-order valence-corrected chi connectivity index (χ0v) is 7.51. The van der Waals surface area contributed by atoms with E-state index in [1.165, 1.54) is 11.1 Å². The van der Waals surface area contributed by atoms with Gasteiger partial charge in [0.15, 0.2) is 0 Å². The molecule has 12 heavy (non-hydrogen) atoms. The molecule has 0 saturated heterocycles. The minimum atomic E-state index is -0.154. The number of rotatable bonds is 0. The van der Waals surface area contributed by atoms with Gasteiger partial charge in [0.1, 0.15) is 0 Å². The van der Waals surface area contributed by atoms with Crippen molar-refractivity contribution in [1.82, 2.24) is 0 Å². The number of fused-ring (bicyclic) bond motifs is 1. The fraction of sp³-hybridized carbons (Fsp3) is 0.400. The second-order valence-electron chi connectivity index (χ2n) is 3.31. The monoisotopic (exact) mass is 182 g/mol. The molecule has 1 atom stereocenters. The number of hydrogen-bond acceptors (Lipinski definition) is 1. The number of hydrogen-bond donors (Lipinski definition) is 1. The molecular weight excluding hydrogens is 172 g/mol. The Morgan fingerprint density at radius 2 is 2.17 bits per heavy atom. The first kappa shape index (κ1) is 8.09. The lowest BCUT2D eigenvalue weighted by atomic mass is 9.90. The van der Waals surface area contributed by atoms with E-state index < -0.39 is 0 Å². The van der Waals surface area contributed by atoms with Crippen molar-refractivity contribution in [3.8, 4) is 0 Å². The molecule has 0 unspecified atom stereocenters. The summed E-state index contributed by atoms with van der Waals surface area (Å²) in [4.78, 5) is 0. The summed E-state index contributed by atoms with van der Waals surface area (Å²) in [6, 6.07) is 5.90. The van der Waals surface area contributed by atoms with E-state index in [9.17, 15) is 5.11 Å². The van der Waals surface area contributed by atoms with Crippen molar-refractivity contribution >= 4 is 11.6 Å². The Morgan fingerprint density at radius 3 is 3.00 bits per heavy atom. The topological polar surface area (TPSA) is 20.2 Å². The van der Waals surface area contributed by atoms with Crippen LogP contribution in [0.3, 0.4) is 0 Å². The van der Waals surface area contributed by atoms with Crippen molar-refractivity contribution in [2.75, 3.05) is 0 Å². The van der Waals surface area contributed by atoms with Gasteiger partial charge in [-0.1, -0.05) is 17.7 Å². The highest BCUT2D eigenvalue weighted by Gasteiger charge is 2.15. The Bertz CT molecular complexity index is 296. The van der Waals surface area contributed by atoms with Crippen molar-refractivity contribution < 1.29 is 5.11 Å². The molecule has 1 aromatic carbocycles. The van der Waals surface area contributed by atoms with E-state index in [1.54, 1.807) is 0 Å². The van der Waals surface area contributed by atoms with Gasteiger partial charge in [-0.15, -0.1) is 0 Å². The van der Waals surface area contributed by atoms with E-state index in [4.69, 9.17) is 11.6 Å². The summed E-state index contributed by atoms with van der Waals surface area (Å²) >= 11 is 5.85. The van der Waals surface area contributed by atoms with Gasteiger partial charge in [0, 0.05) is 5.02 Å². The molecule has 1 aromatic rings. The number of aliphatic hydroxyl groups is 1. The van der Waals surface area contributed by atoms with Gasteiger partial charge in [0.05, 0.1) is 6.10 Å². The molecule has 0 fully saturated rings. The van der Waals surface area contributed by atoms with Crippen molar-refractivity contribution in [2.45, 2.75) is 25.4 Å². The van der Waals surface area contributed by atoms with Crippen molar-refractivity contribution in [3.05, 3.63) is 34.3 Å². The summed E-state index contributed by atoms with van der Waals surface area (Å²) in [5, 5.41) is 10.2. The third-order valence-electron chi connectivity index (χ3n) is 2.37. The van der Waals surface area contributed by atoms with Crippen LogP contribution in [0.1, 0.15) is 17.5 Å². The maximum absolute atomic E-state index is 9.39. The Balaban J connectivity index is 2.37. The molecule has 2 rings (SSSR count). The Kier molecular flexibility index (Phi) is 2.07. The molecule has 0 radical (unpaired) electrons. The van der Waals surface area contributed by atoms with Gasteiger partial charge in [-0.25, -0.2) is 0 Å². The molecule has 2 heteroatoms. The van der Waals surface area contributed by atoms with Crippen LogP contribution in [0.2, 0.25) is 5.02 Å². The van der Waals surface area contributed by atoms with E-state index in [2.05, 4.69) is 0 Å². The summed E-state index contributed by atoms with van der Waals surface area (Å²) in [6.07, 6.45) is 2.45. The van der Waals surface area contributed by atoms with Crippen LogP contribution in [-0.4, -0.2) is 11.2 Å². The van der Waals surface area contributed by atoms with E-state index in [0.717, 1.165) is 24.3 Å². The van der Waals surface area contributed by atoms with Gasteiger partial charge in [0.25, 0.3) is 0 Å². The number of aliphatic hydroxyl groups excluding tert-OH is 1. The number of halogens is 1. The predicted octanol–water partition coefficient (Wildman–Crippen LogP) is 2.19. The first-order valence-electron chi connectivity index (χ1n) is 4.21. The van der Waals surface area contributed by atoms with Gasteiger partial charge < -0.3 is 5.11 Å². The molecule has 0 amide bonds. The molecule has 1 N–H and O–H groups in total. The molecule has 0 bridgehead atoms. The maximum atomic E-state index is 9.39. The van der Waals surface area contributed by atoms with Crippen LogP contribution in [0.15, 0.2) is 18.2 Å². The molecular formula is C10H11ClO. The minimum Gasteiger partial charge on any atom is -0.393 e. The molecule has 1 nitrogen and oxygen atoms in total. The first-order valence-corrected chi connectivity index (χ1v) is 4.59. The maximum Gasteiger partial charge on any atom is 0.0583 e. The van der Waals surface area contributed by atoms with E-state index in [1.807, 2.05) is 18.2 Å². The molecule has 1 aliphatic rings. The number of aryl methyl sites for hydroxylation is 1. The summed E-state index contributed by atoms with van der Waals surface area (Å²) in [5.41, 5.74) is 2.55. The van der Waals surface area contributed by atoms with Gasteiger partial charge in [0.2, 0.25) is 0 Å². The second kappa shape index (κ2) is 3.08. The zero-order chi connectivity index (χ0) is 8.55. The second-order valence-corrected chi connectivity index (χ2v) is 3.75. The average Bonchev–Trinajstić information content (AvgIpc) is 2.05. The molecule has 64 valence electrons. The van der Waals surface area contributed by atoms with E-state index >= 15 is 0 Å². The highest BCUT2D eigenvalue weighted by atomic mass is 35.5. The van der Waals surface area contributed by atoms with Crippen LogP contribution in [0.25, 0.3) is 0 Å². The lowest BCUT2D eigenvalue weighted by Gasteiger charge is -2.20. The van der Waals surface area contributed by atoms with Gasteiger partial charge >= 0.3 is 0 Å². The van der Waals surface area contributed by atoms with Gasteiger partial charge in [-0.05, 0) is 42.5 Å². The fourth-order valence-corrected chi connectivity index (χ4v) is 1.90. The smallest absolute Gasteiger partial charge is 0.0583 e. The van der Waals surface area contributed by atoms with Crippen molar-refractivity contribution in [3.63, 3.8) is 0 Å². The Hall–Kier alpha value is -0.530. The van der Waals surface area contributed by atoms with Gasteiger partial charge in [-0.3, -0.25) is 0 Å². The standard InChI is InChI=1S/C10H11ClO/c11-9-3-1-8-6-10(12)4-2-7(8)5-9/h1,3,5,10,12H,2,4,6H2/t10-/m1/s1. The summed E-state index contributed by atoms with van der Waals surface area (Å²) in [5.74, 6) is 0. The van der Waals surface area contributed by atoms with Gasteiger partial charge in [-0.2, -0.15) is 0 Å². The van der Waals surface area contributed by atoms with Crippen molar-refractivity contribution in [1.29, 1.82) is 0 Å². The SMILES string of the molecule is O[C@@H]1CCc2cc(Cl)ccc2C1. The molecule has 0 aromatic heterocycles. The predicted molar refractivity (Wildman–Crippen MR) is 49.5 cm³/mol. The Morgan fingerprint density at radius 1 is 1.33 bits per heavy atom. The molecule has 1 aliphatic carbocycles. The highest BCUT2D eigenvalue weighted by molar-refractivity contribution is 6.30. The van der Waals surface area contributed by atoms with E-state index in [0.29, 0.717) is 0 Å². The van der Waals surface area contributed by atoms with Crippen LogP contribution < -0.4 is 0 Å². The quantitative estimate of drug-likeness (QED) is 0.652. The van der Waals surface area contributed by atoms with Crippen LogP contribution in [0.4, 0.5) is 0 Å². The Labute approximate surface area is 77.0 Å². The molecule has 0 heterocycles. The average molecular weight is 183 g/mol. The molecule has 0 spiro atoms. The molecule has 0 saturated carbocycles. The normalized spacial score (nSPS) is 22.0. The lowest BCUT2D eigenvalue weighted by Crippen LogP contribution is -2.18. The van der Waals surface area contributed by atoms with Crippen LogP contribution in [-0.2, 0) is 12.8 Å². The van der Waals surface area contributed by atoms with Crippen LogP contribution >= 0.6 is 11.6 Å². The highest BCUT2D eigenvalue weighted by Crippen LogP contribution is 2.24. The summed E-state index contributed by atoms with van der Waals surface area (Å²) in [6.45, 7) is 0. The summed E-state index contributed by atoms with van der Waals surface area (Å²) in [7, 11) is 0. The lowest BCUT2D eigenvalue weighted by molar-refractivity contribution is 0.158. The third-order valence-corrected chi connectivity index (χ3v) is 2.61. The first-order chi connectivity index (χ1) is 5.75. The van der Waals surface area contributed by atoms with Crippen LogP contribution in [0.5, 0.6) is 0 Å². The third kappa shape index (κ3) is 1.47. The largest absolute Gasteiger partial charge is 0.393 e. The number of benzene rings is 1. The van der Waals surface area contributed by atoms with E-state index in [-0.39, 0.29) is 6.10 Å².